The molecule has 0 amide bonds. The highest BCUT2D eigenvalue weighted by molar-refractivity contribution is 6.61. The zero-order valence-corrected chi connectivity index (χ0v) is 18.9. The summed E-state index contributed by atoms with van der Waals surface area (Å²) in [5, 5.41) is 18.9. The van der Waals surface area contributed by atoms with Gasteiger partial charge < -0.3 is 20.1 Å². The molecule has 0 saturated carbocycles. The second kappa shape index (κ2) is 9.33. The Morgan fingerprint density at radius 3 is 2.65 bits per heavy atom. The number of hydrogen-bond acceptors (Lipinski definition) is 4. The maximum atomic E-state index is 13.0. The van der Waals surface area contributed by atoms with Gasteiger partial charge in [-0.3, -0.25) is 5.41 Å². The van der Waals surface area contributed by atoms with Crippen LogP contribution in [-0.2, 0) is 23.9 Å². The van der Waals surface area contributed by atoms with E-state index in [0.29, 0.717) is 27.5 Å². The maximum absolute atomic E-state index is 13.0. The number of ether oxygens (including phenoxy) is 1. The van der Waals surface area contributed by atoms with Gasteiger partial charge >= 0.3 is 13.3 Å². The fraction of sp³-hybridized carbons (Fsp3) is 0.208. The van der Waals surface area contributed by atoms with Crippen LogP contribution in [0.3, 0.4) is 0 Å². The molecule has 4 rings (SSSR count). The summed E-state index contributed by atoms with van der Waals surface area (Å²) in [5.41, 5.74) is 8.30. The molecule has 4 N–H and O–H groups in total. The molecule has 3 aromatic carbocycles. The van der Waals surface area contributed by atoms with Gasteiger partial charge in [-0.25, -0.2) is 0 Å². The van der Waals surface area contributed by atoms with E-state index in [1.54, 1.807) is 24.3 Å². The number of nitrogens with one attached hydrogen (secondary N) is 1. The average Bonchev–Trinajstić information content (AvgIpc) is 2.78. The highest BCUT2D eigenvalue weighted by atomic mass is 35.5. The molecular weight excluding hydrogens is 468 g/mol. The number of hydrogen-bond donors (Lipinski definition) is 3. The van der Waals surface area contributed by atoms with Gasteiger partial charge in [-0.1, -0.05) is 35.9 Å². The fourth-order valence-electron chi connectivity index (χ4n) is 3.83. The number of aryl methyl sites for hydroxylation is 1. The summed E-state index contributed by atoms with van der Waals surface area (Å²) in [5.74, 6) is 0.163. The van der Waals surface area contributed by atoms with Gasteiger partial charge in [0.25, 0.3) is 0 Å². The van der Waals surface area contributed by atoms with Gasteiger partial charge in [0.05, 0.1) is 17.2 Å². The van der Waals surface area contributed by atoms with E-state index in [2.05, 4.69) is 0 Å². The lowest BCUT2D eigenvalue weighted by Crippen LogP contribution is -2.43. The van der Waals surface area contributed by atoms with Crippen molar-refractivity contribution < 1.29 is 27.6 Å². The van der Waals surface area contributed by atoms with Gasteiger partial charge in [0.1, 0.15) is 18.2 Å². The molecule has 1 heterocycles. The Kier molecular flexibility index (Phi) is 6.62. The van der Waals surface area contributed by atoms with Crippen LogP contribution >= 0.6 is 11.6 Å². The summed E-state index contributed by atoms with van der Waals surface area (Å²) in [6, 6.07) is 13.8. The van der Waals surface area contributed by atoms with Crippen molar-refractivity contribution in [3.63, 3.8) is 0 Å². The minimum atomic E-state index is -4.51. The Hall–Kier alpha value is -3.01. The van der Waals surface area contributed by atoms with E-state index in [-0.39, 0.29) is 24.3 Å². The highest BCUT2D eigenvalue weighted by Gasteiger charge is 2.36. The second-order valence-corrected chi connectivity index (χ2v) is 8.54. The first-order valence-electron chi connectivity index (χ1n) is 10.4. The molecule has 1 atom stereocenters. The summed E-state index contributed by atoms with van der Waals surface area (Å²) < 4.78 is 50.7. The third-order valence-electron chi connectivity index (χ3n) is 5.74. The van der Waals surface area contributed by atoms with Gasteiger partial charge in [-0.05, 0) is 65.0 Å². The molecule has 3 aromatic rings. The van der Waals surface area contributed by atoms with E-state index in [0.717, 1.165) is 23.3 Å². The number of halogens is 4. The summed E-state index contributed by atoms with van der Waals surface area (Å²) >= 11 is 6.18. The SMILES string of the molecule is Cc1ccc(COc2cc(C3Cc4ccc(C(F)(F)F)cc4B(O)O3)ccc2C(=N)N)cc1Cl. The van der Waals surface area contributed by atoms with Gasteiger partial charge in [0.15, 0.2) is 0 Å². The second-order valence-electron chi connectivity index (χ2n) is 8.13. The Morgan fingerprint density at radius 1 is 1.21 bits per heavy atom. The molecule has 0 aromatic heterocycles. The molecule has 0 fully saturated rings. The predicted octanol–water partition coefficient (Wildman–Crippen LogP) is 4.53. The molecule has 0 aliphatic carbocycles. The van der Waals surface area contributed by atoms with Crippen molar-refractivity contribution in [3.8, 4) is 5.75 Å². The van der Waals surface area contributed by atoms with Crippen molar-refractivity contribution >= 4 is 30.0 Å². The lowest BCUT2D eigenvalue weighted by Gasteiger charge is -2.29. The molecule has 0 spiro atoms. The zero-order chi connectivity index (χ0) is 24.6. The lowest BCUT2D eigenvalue weighted by atomic mass is 9.71. The van der Waals surface area contributed by atoms with Crippen molar-refractivity contribution in [3.05, 3.63) is 93.0 Å². The number of alkyl halides is 3. The average molecular weight is 489 g/mol. The molecule has 1 aliphatic rings. The van der Waals surface area contributed by atoms with Gasteiger partial charge in [0.2, 0.25) is 0 Å². The minimum Gasteiger partial charge on any atom is -0.488 e. The van der Waals surface area contributed by atoms with E-state index in [1.807, 2.05) is 19.1 Å². The van der Waals surface area contributed by atoms with Crippen LogP contribution in [0, 0.1) is 12.3 Å². The van der Waals surface area contributed by atoms with E-state index in [4.69, 9.17) is 32.1 Å². The van der Waals surface area contributed by atoms with Crippen molar-refractivity contribution in [1.82, 2.24) is 0 Å². The predicted molar refractivity (Wildman–Crippen MR) is 125 cm³/mol. The van der Waals surface area contributed by atoms with E-state index < -0.39 is 25.0 Å². The monoisotopic (exact) mass is 488 g/mol. The van der Waals surface area contributed by atoms with Crippen LogP contribution < -0.4 is 15.9 Å². The molecular formula is C24H21BClF3N2O3. The molecule has 1 unspecified atom stereocenters. The van der Waals surface area contributed by atoms with Crippen molar-refractivity contribution in [2.75, 3.05) is 0 Å². The van der Waals surface area contributed by atoms with Crippen LogP contribution in [0.15, 0.2) is 54.6 Å². The molecule has 5 nitrogen and oxygen atoms in total. The first-order chi connectivity index (χ1) is 16.0. The topological polar surface area (TPSA) is 88.6 Å². The quantitative estimate of drug-likeness (QED) is 0.280. The number of rotatable bonds is 5. The molecule has 0 saturated heterocycles. The Morgan fingerprint density at radius 2 is 1.97 bits per heavy atom. The van der Waals surface area contributed by atoms with E-state index in [9.17, 15) is 18.2 Å². The van der Waals surface area contributed by atoms with Gasteiger partial charge in [-0.15, -0.1) is 0 Å². The first-order valence-corrected chi connectivity index (χ1v) is 10.8. The number of amidine groups is 1. The molecule has 0 bridgehead atoms. The number of nitrogens with two attached hydrogens (primary N) is 1. The van der Waals surface area contributed by atoms with Crippen molar-refractivity contribution in [2.24, 2.45) is 5.73 Å². The van der Waals surface area contributed by atoms with E-state index in [1.165, 1.54) is 6.07 Å². The normalized spacial score (nSPS) is 15.7. The van der Waals surface area contributed by atoms with Crippen LogP contribution in [0.1, 0.15) is 39.5 Å². The van der Waals surface area contributed by atoms with Crippen LogP contribution in [0.5, 0.6) is 5.75 Å². The van der Waals surface area contributed by atoms with Crippen LogP contribution in [0.4, 0.5) is 13.2 Å². The molecule has 176 valence electrons. The Bertz CT molecular complexity index is 1250. The van der Waals surface area contributed by atoms with Crippen LogP contribution in [-0.4, -0.2) is 18.0 Å². The third-order valence-corrected chi connectivity index (χ3v) is 6.14. The van der Waals surface area contributed by atoms with Crippen LogP contribution in [0.25, 0.3) is 0 Å². The molecule has 34 heavy (non-hydrogen) atoms. The summed E-state index contributed by atoms with van der Waals surface area (Å²) in [4.78, 5) is 0. The molecule has 10 heteroatoms. The smallest absolute Gasteiger partial charge is 0.488 e. The zero-order valence-electron chi connectivity index (χ0n) is 18.1. The summed E-state index contributed by atoms with van der Waals surface area (Å²) in [6.45, 7) is 2.08. The van der Waals surface area contributed by atoms with E-state index >= 15 is 0 Å². The van der Waals surface area contributed by atoms with Crippen molar-refractivity contribution in [2.45, 2.75) is 32.2 Å². The Balaban J connectivity index is 1.60. The molecule has 0 radical (unpaired) electrons. The largest absolute Gasteiger partial charge is 0.491 e. The van der Waals surface area contributed by atoms with Gasteiger partial charge in [0, 0.05) is 11.4 Å². The Labute approximate surface area is 199 Å². The summed E-state index contributed by atoms with van der Waals surface area (Å²) in [7, 11) is -1.51. The maximum Gasteiger partial charge on any atom is 0.491 e. The van der Waals surface area contributed by atoms with Crippen molar-refractivity contribution in [1.29, 1.82) is 5.41 Å². The van der Waals surface area contributed by atoms with Gasteiger partial charge in [-0.2, -0.15) is 13.2 Å². The minimum absolute atomic E-state index is 0.0964. The fourth-order valence-corrected chi connectivity index (χ4v) is 4.03. The molecule has 1 aliphatic heterocycles. The highest BCUT2D eigenvalue weighted by Crippen LogP contribution is 2.33. The number of fused-ring (bicyclic) bond motifs is 1. The van der Waals surface area contributed by atoms with Crippen LogP contribution in [0.2, 0.25) is 5.02 Å². The number of nitrogen functional groups attached to an aromatic ring is 1. The lowest BCUT2D eigenvalue weighted by molar-refractivity contribution is -0.137. The number of benzene rings is 3. The summed E-state index contributed by atoms with van der Waals surface area (Å²) in [6.07, 6.45) is -4.88. The first kappa shape index (κ1) is 24.1. The standard InChI is InChI=1S/C24H21BClF3N2O3/c1-13-2-3-14(8-20(13)26)12-33-22-10-16(5-7-18(22)23(30)31)21-9-15-4-6-17(24(27,28)29)11-19(15)25(32)34-21/h2-8,10-11,21,32H,9,12H2,1H3,(H3,30,31). The third kappa shape index (κ3) is 5.06.